The Hall–Kier alpha value is -2.05. The minimum absolute atomic E-state index is 0.0667. The molecule has 1 heterocycles. The van der Waals surface area contributed by atoms with E-state index in [1.165, 1.54) is 4.90 Å². The zero-order valence-electron chi connectivity index (χ0n) is 13.4. The minimum Gasteiger partial charge on any atom is -0.337 e. The summed E-state index contributed by atoms with van der Waals surface area (Å²) in [5.41, 5.74) is 0.991. The molecule has 3 rings (SSSR count). The van der Waals surface area contributed by atoms with Gasteiger partial charge in [-0.15, -0.1) is 23.1 Å². The van der Waals surface area contributed by atoms with E-state index in [4.69, 9.17) is 0 Å². The van der Waals surface area contributed by atoms with Gasteiger partial charge in [0, 0.05) is 24.2 Å². The van der Waals surface area contributed by atoms with Crippen LogP contribution in [0.25, 0.3) is 10.2 Å². The second-order valence-electron chi connectivity index (χ2n) is 5.32. The molecule has 0 atom stereocenters. The van der Waals surface area contributed by atoms with Crippen molar-refractivity contribution in [2.75, 3.05) is 19.3 Å². The molecule has 4 nitrogen and oxygen atoms in total. The lowest BCUT2D eigenvalue weighted by atomic mass is 10.3. The molecule has 1 N–H and O–H groups in total. The molecule has 6 heteroatoms. The standard InChI is InChI=1S/C18H19N3OS2/c1-21(13-17-20-15-9-5-6-10-16(15)24-17)18(22)19-11-12-23-14-7-3-2-4-8-14/h2-10H,11-13H2,1H3,(H,19,22). The number of rotatable bonds is 6. The van der Waals surface area contributed by atoms with Crippen LogP contribution in [0.2, 0.25) is 0 Å². The highest BCUT2D eigenvalue weighted by Crippen LogP contribution is 2.22. The molecular weight excluding hydrogens is 338 g/mol. The highest BCUT2D eigenvalue weighted by atomic mass is 32.2. The molecule has 2 aromatic carbocycles. The van der Waals surface area contributed by atoms with Crippen molar-refractivity contribution in [3.63, 3.8) is 0 Å². The average Bonchev–Trinajstić information content (AvgIpc) is 3.01. The lowest BCUT2D eigenvalue weighted by molar-refractivity contribution is 0.207. The number of aromatic nitrogens is 1. The number of hydrogen-bond donors (Lipinski definition) is 1. The monoisotopic (exact) mass is 357 g/mol. The Morgan fingerprint density at radius 3 is 2.71 bits per heavy atom. The van der Waals surface area contributed by atoms with Gasteiger partial charge in [0.05, 0.1) is 16.8 Å². The van der Waals surface area contributed by atoms with E-state index in [1.807, 2.05) is 36.4 Å². The number of nitrogens with zero attached hydrogens (tertiary/aromatic N) is 2. The molecule has 0 unspecified atom stereocenters. The van der Waals surface area contributed by atoms with Gasteiger partial charge in [-0.05, 0) is 24.3 Å². The zero-order chi connectivity index (χ0) is 16.8. The first kappa shape index (κ1) is 16.8. The summed E-state index contributed by atoms with van der Waals surface area (Å²) in [6.45, 7) is 1.17. The second-order valence-corrected chi connectivity index (χ2v) is 7.61. The quantitative estimate of drug-likeness (QED) is 0.530. The van der Waals surface area contributed by atoms with Gasteiger partial charge in [0.25, 0.3) is 0 Å². The summed E-state index contributed by atoms with van der Waals surface area (Å²) in [6.07, 6.45) is 0. The maximum atomic E-state index is 12.2. The largest absolute Gasteiger partial charge is 0.337 e. The Kier molecular flexibility index (Phi) is 5.72. The predicted octanol–water partition coefficient (Wildman–Crippen LogP) is 4.23. The van der Waals surface area contributed by atoms with Crippen molar-refractivity contribution >= 4 is 39.3 Å². The topological polar surface area (TPSA) is 45.2 Å². The average molecular weight is 358 g/mol. The number of amides is 2. The number of hydrogen-bond acceptors (Lipinski definition) is 4. The van der Waals surface area contributed by atoms with E-state index in [2.05, 4.69) is 28.5 Å². The van der Waals surface area contributed by atoms with E-state index in [9.17, 15) is 4.79 Å². The van der Waals surface area contributed by atoms with Crippen molar-refractivity contribution in [1.29, 1.82) is 0 Å². The molecule has 24 heavy (non-hydrogen) atoms. The maximum absolute atomic E-state index is 12.2. The van der Waals surface area contributed by atoms with Crippen molar-refractivity contribution in [2.24, 2.45) is 0 Å². The fraction of sp³-hybridized carbons (Fsp3) is 0.222. The molecule has 0 aliphatic rings. The highest BCUT2D eigenvalue weighted by molar-refractivity contribution is 7.99. The smallest absolute Gasteiger partial charge is 0.317 e. The number of nitrogens with one attached hydrogen (secondary N) is 1. The summed E-state index contributed by atoms with van der Waals surface area (Å²) in [5, 5.41) is 3.90. The van der Waals surface area contributed by atoms with Crippen LogP contribution in [0.1, 0.15) is 5.01 Å². The Labute approximate surface area is 149 Å². The van der Waals surface area contributed by atoms with Crippen LogP contribution in [0.3, 0.4) is 0 Å². The number of fused-ring (bicyclic) bond motifs is 1. The van der Waals surface area contributed by atoms with Gasteiger partial charge < -0.3 is 10.2 Å². The first-order chi connectivity index (χ1) is 11.7. The van der Waals surface area contributed by atoms with Crippen molar-refractivity contribution < 1.29 is 4.79 Å². The zero-order valence-corrected chi connectivity index (χ0v) is 15.1. The molecule has 124 valence electrons. The Morgan fingerprint density at radius 1 is 1.17 bits per heavy atom. The van der Waals surface area contributed by atoms with Crippen molar-refractivity contribution in [3.8, 4) is 0 Å². The summed E-state index contributed by atoms with van der Waals surface area (Å²) >= 11 is 3.37. The number of carbonyl (C=O) groups is 1. The van der Waals surface area contributed by atoms with Crippen molar-refractivity contribution in [2.45, 2.75) is 11.4 Å². The predicted molar refractivity (Wildman–Crippen MR) is 102 cm³/mol. The van der Waals surface area contributed by atoms with Gasteiger partial charge in [0.15, 0.2) is 0 Å². The fourth-order valence-electron chi connectivity index (χ4n) is 2.24. The van der Waals surface area contributed by atoms with E-state index in [-0.39, 0.29) is 6.03 Å². The van der Waals surface area contributed by atoms with Crippen molar-refractivity contribution in [1.82, 2.24) is 15.2 Å². The first-order valence-electron chi connectivity index (χ1n) is 7.73. The van der Waals surface area contributed by atoms with Gasteiger partial charge in [-0.3, -0.25) is 0 Å². The summed E-state index contributed by atoms with van der Waals surface area (Å²) in [7, 11) is 1.80. The van der Waals surface area contributed by atoms with Crippen LogP contribution in [0, 0.1) is 0 Å². The van der Waals surface area contributed by atoms with Crippen LogP contribution in [-0.2, 0) is 6.54 Å². The SMILES string of the molecule is CN(Cc1nc2ccccc2s1)C(=O)NCCSc1ccccc1. The Bertz CT molecular complexity index is 771. The maximum Gasteiger partial charge on any atom is 0.317 e. The molecule has 0 aliphatic heterocycles. The number of carbonyl (C=O) groups excluding carboxylic acids is 1. The van der Waals surface area contributed by atoms with Gasteiger partial charge in [-0.25, -0.2) is 9.78 Å². The van der Waals surface area contributed by atoms with Crippen LogP contribution in [0.4, 0.5) is 4.79 Å². The molecule has 1 aromatic heterocycles. The van der Waals surface area contributed by atoms with Gasteiger partial charge in [-0.1, -0.05) is 30.3 Å². The summed E-state index contributed by atoms with van der Waals surface area (Å²) in [4.78, 5) is 19.6. The molecule has 0 radical (unpaired) electrons. The van der Waals surface area contributed by atoms with Crippen molar-refractivity contribution in [3.05, 3.63) is 59.6 Å². The number of thiazole rings is 1. The molecule has 0 spiro atoms. The third-order valence-electron chi connectivity index (χ3n) is 3.45. The summed E-state index contributed by atoms with van der Waals surface area (Å²) in [6, 6.07) is 18.2. The van der Waals surface area contributed by atoms with E-state index in [1.54, 1.807) is 35.0 Å². The van der Waals surface area contributed by atoms with Gasteiger partial charge in [0.2, 0.25) is 0 Å². The molecule has 2 amide bonds. The van der Waals surface area contributed by atoms with Crippen LogP contribution >= 0.6 is 23.1 Å². The van der Waals surface area contributed by atoms with Gasteiger partial charge in [-0.2, -0.15) is 0 Å². The molecule has 0 fully saturated rings. The molecular formula is C18H19N3OS2. The van der Waals surface area contributed by atoms with E-state index in [0.717, 1.165) is 21.0 Å². The molecule has 0 bridgehead atoms. The second kappa shape index (κ2) is 8.17. The van der Waals surface area contributed by atoms with Crippen LogP contribution in [0.5, 0.6) is 0 Å². The normalized spacial score (nSPS) is 10.7. The molecule has 0 saturated heterocycles. The van der Waals surface area contributed by atoms with Crippen LogP contribution in [0.15, 0.2) is 59.5 Å². The highest BCUT2D eigenvalue weighted by Gasteiger charge is 2.11. The third kappa shape index (κ3) is 4.49. The lowest BCUT2D eigenvalue weighted by Gasteiger charge is -2.16. The number of urea groups is 1. The van der Waals surface area contributed by atoms with E-state index >= 15 is 0 Å². The first-order valence-corrected chi connectivity index (χ1v) is 9.54. The van der Waals surface area contributed by atoms with Crippen LogP contribution in [-0.4, -0.2) is 35.3 Å². The number of para-hydroxylation sites is 1. The minimum atomic E-state index is -0.0667. The molecule has 0 saturated carbocycles. The molecule has 0 aliphatic carbocycles. The lowest BCUT2D eigenvalue weighted by Crippen LogP contribution is -2.37. The van der Waals surface area contributed by atoms with E-state index in [0.29, 0.717) is 13.1 Å². The Balaban J connectivity index is 1.44. The Morgan fingerprint density at radius 2 is 1.92 bits per heavy atom. The third-order valence-corrected chi connectivity index (χ3v) is 5.48. The summed E-state index contributed by atoms with van der Waals surface area (Å²) in [5.74, 6) is 0.852. The van der Waals surface area contributed by atoms with Crippen LogP contribution < -0.4 is 5.32 Å². The number of thioether (sulfide) groups is 1. The summed E-state index contributed by atoms with van der Waals surface area (Å²) < 4.78 is 1.15. The van der Waals surface area contributed by atoms with Gasteiger partial charge >= 0.3 is 6.03 Å². The van der Waals surface area contributed by atoms with Gasteiger partial charge in [0.1, 0.15) is 5.01 Å². The number of benzene rings is 2. The fourth-order valence-corrected chi connectivity index (χ4v) is 4.05. The molecule has 3 aromatic rings. The van der Waals surface area contributed by atoms with E-state index < -0.39 is 0 Å².